The summed E-state index contributed by atoms with van der Waals surface area (Å²) in [5, 5.41) is 11.9. The minimum absolute atomic E-state index is 0.153. The van der Waals surface area contributed by atoms with Crippen molar-refractivity contribution < 1.29 is 33.3 Å². The minimum atomic E-state index is -0.646. The summed E-state index contributed by atoms with van der Waals surface area (Å²) in [7, 11) is 0. The third-order valence-corrected chi connectivity index (χ3v) is 6.16. The zero-order valence-corrected chi connectivity index (χ0v) is 20.8. The molecule has 1 aliphatic carbocycles. The van der Waals surface area contributed by atoms with Crippen LogP contribution in [0.4, 0.5) is 0 Å². The van der Waals surface area contributed by atoms with E-state index in [0.29, 0.717) is 92.7 Å². The van der Waals surface area contributed by atoms with Crippen molar-refractivity contribution in [3.63, 3.8) is 0 Å². The van der Waals surface area contributed by atoms with Crippen molar-refractivity contribution in [2.75, 3.05) is 52.9 Å². The average molecular weight is 509 g/mol. The molecule has 0 radical (unpaired) electrons. The Morgan fingerprint density at radius 3 is 1.84 bits per heavy atom. The number of ether oxygens (including phenoxy) is 5. The minimum Gasteiger partial charge on any atom is -0.491 e. The van der Waals surface area contributed by atoms with E-state index < -0.39 is 6.04 Å². The van der Waals surface area contributed by atoms with E-state index in [1.807, 2.05) is 0 Å². The van der Waals surface area contributed by atoms with Gasteiger partial charge in [0.1, 0.15) is 24.7 Å². The molecule has 1 N–H and O–H groups in total. The molecule has 1 heterocycles. The topological polar surface area (TPSA) is 116 Å². The first-order chi connectivity index (χ1) is 18.2. The number of nitrogens with zero attached hydrogens (tertiary/aromatic N) is 1. The van der Waals surface area contributed by atoms with Crippen LogP contribution < -0.4 is 14.8 Å². The van der Waals surface area contributed by atoms with Gasteiger partial charge in [0.15, 0.2) is 5.78 Å². The van der Waals surface area contributed by atoms with Gasteiger partial charge in [-0.2, -0.15) is 5.26 Å². The zero-order chi connectivity index (χ0) is 25.9. The van der Waals surface area contributed by atoms with Crippen LogP contribution in [0.3, 0.4) is 0 Å². The van der Waals surface area contributed by atoms with E-state index in [0.717, 1.165) is 0 Å². The molecule has 9 nitrogen and oxygen atoms in total. The van der Waals surface area contributed by atoms with Crippen molar-refractivity contribution in [2.24, 2.45) is 0 Å². The predicted molar refractivity (Wildman–Crippen MR) is 134 cm³/mol. The van der Waals surface area contributed by atoms with Crippen LogP contribution in [0.5, 0.6) is 11.5 Å². The lowest BCUT2D eigenvalue weighted by atomic mass is 9.80. The van der Waals surface area contributed by atoms with Gasteiger partial charge in [0, 0.05) is 35.1 Å². The molecule has 0 atom stereocenters. The first kappa shape index (κ1) is 26.6. The highest BCUT2D eigenvalue weighted by molar-refractivity contribution is 6.13. The maximum Gasteiger partial charge on any atom is 0.220 e. The highest BCUT2D eigenvalue weighted by Gasteiger charge is 2.36. The van der Waals surface area contributed by atoms with E-state index in [4.69, 9.17) is 28.9 Å². The number of benzene rings is 2. The Morgan fingerprint density at radius 2 is 1.32 bits per heavy atom. The van der Waals surface area contributed by atoms with Crippen LogP contribution in [0.1, 0.15) is 58.8 Å². The number of ketones is 1. The standard InChI is InChI=1S/C28H32N2O7/c29-11-3-1-2-10-24(31)30-27-25-20-6-4-8-22(25)36-18-16-34-14-12-33-13-15-35-17-19-37-23-9-5-7-21(26(23)27)28(20)32/h4-9,27H,1-3,10,12-19H2,(H,30,31). The van der Waals surface area contributed by atoms with Gasteiger partial charge >= 0.3 is 0 Å². The van der Waals surface area contributed by atoms with Gasteiger partial charge in [-0.15, -0.1) is 0 Å². The third kappa shape index (κ3) is 6.86. The van der Waals surface area contributed by atoms with Crippen molar-refractivity contribution in [1.29, 1.82) is 5.26 Å². The number of carbonyl (C=O) groups is 2. The molecule has 9 heteroatoms. The molecule has 1 amide bonds. The Labute approximate surface area is 216 Å². The molecule has 2 aromatic carbocycles. The number of hydrogen-bond donors (Lipinski definition) is 1. The molecule has 0 unspecified atom stereocenters. The lowest BCUT2D eigenvalue weighted by Crippen LogP contribution is -2.35. The number of carbonyl (C=O) groups excluding carboxylic acids is 2. The monoisotopic (exact) mass is 508 g/mol. The fraction of sp³-hybridized carbons (Fsp3) is 0.464. The van der Waals surface area contributed by atoms with Gasteiger partial charge in [-0.25, -0.2) is 0 Å². The summed E-state index contributed by atoms with van der Waals surface area (Å²) in [4.78, 5) is 26.6. The normalized spacial score (nSPS) is 16.9. The largest absolute Gasteiger partial charge is 0.491 e. The van der Waals surface area contributed by atoms with E-state index in [9.17, 15) is 9.59 Å². The second-order valence-electron chi connectivity index (χ2n) is 8.66. The summed E-state index contributed by atoms with van der Waals surface area (Å²) in [5.74, 6) is 0.683. The van der Waals surface area contributed by atoms with E-state index in [1.165, 1.54) is 0 Å². The lowest BCUT2D eigenvalue weighted by molar-refractivity contribution is -0.121. The maximum absolute atomic E-state index is 13.6. The van der Waals surface area contributed by atoms with Gasteiger partial charge in [-0.3, -0.25) is 9.59 Å². The number of unbranched alkanes of at least 4 members (excludes halogenated alkanes) is 2. The molecule has 196 valence electrons. The van der Waals surface area contributed by atoms with E-state index in [1.54, 1.807) is 36.4 Å². The quantitative estimate of drug-likeness (QED) is 0.612. The summed E-state index contributed by atoms with van der Waals surface area (Å²) in [6, 6.07) is 12.1. The van der Waals surface area contributed by atoms with Crippen LogP contribution in [-0.2, 0) is 19.0 Å². The van der Waals surface area contributed by atoms with Crippen LogP contribution in [0.2, 0.25) is 0 Å². The summed E-state index contributed by atoms with van der Waals surface area (Å²) >= 11 is 0. The molecule has 1 aliphatic heterocycles. The predicted octanol–water partition coefficient (Wildman–Crippen LogP) is 3.34. The lowest BCUT2D eigenvalue weighted by Gasteiger charge is -2.31. The maximum atomic E-state index is 13.6. The summed E-state index contributed by atoms with van der Waals surface area (Å²) in [6.07, 6.45) is 1.92. The van der Waals surface area contributed by atoms with Gasteiger partial charge in [0.25, 0.3) is 0 Å². The average Bonchev–Trinajstić information content (AvgIpc) is 2.91. The van der Waals surface area contributed by atoms with Crippen molar-refractivity contribution >= 4 is 11.7 Å². The Hall–Kier alpha value is -3.45. The van der Waals surface area contributed by atoms with Crippen molar-refractivity contribution in [2.45, 2.75) is 31.7 Å². The third-order valence-electron chi connectivity index (χ3n) is 6.16. The Morgan fingerprint density at radius 1 is 0.811 bits per heavy atom. The van der Waals surface area contributed by atoms with Gasteiger partial charge in [-0.1, -0.05) is 24.3 Å². The fourth-order valence-corrected chi connectivity index (χ4v) is 4.45. The number of rotatable bonds is 5. The summed E-state index contributed by atoms with van der Waals surface area (Å²) < 4.78 is 28.8. The molecular formula is C28H32N2O7. The molecule has 2 aliphatic rings. The number of amides is 1. The molecule has 0 fully saturated rings. The Kier molecular flexibility index (Phi) is 9.89. The van der Waals surface area contributed by atoms with E-state index in [2.05, 4.69) is 11.4 Å². The van der Waals surface area contributed by atoms with Crippen molar-refractivity contribution in [3.05, 3.63) is 58.7 Å². The van der Waals surface area contributed by atoms with Gasteiger partial charge in [0.2, 0.25) is 5.91 Å². The van der Waals surface area contributed by atoms with E-state index >= 15 is 0 Å². The van der Waals surface area contributed by atoms with Crippen LogP contribution in [-0.4, -0.2) is 64.5 Å². The molecule has 2 bridgehead atoms. The van der Waals surface area contributed by atoms with Gasteiger partial charge in [0.05, 0.1) is 51.8 Å². The van der Waals surface area contributed by atoms with Crippen LogP contribution in [0.15, 0.2) is 36.4 Å². The SMILES string of the molecule is N#CCCCCC(=O)NC1c2c3cccc2C(=O)c2cccc(c21)OCCOCCOCCOCCO3. The van der Waals surface area contributed by atoms with Crippen LogP contribution >= 0.6 is 0 Å². The zero-order valence-electron chi connectivity index (χ0n) is 20.8. The number of nitrogens with one attached hydrogen (secondary N) is 1. The molecule has 0 spiro atoms. The molecule has 2 aromatic rings. The molecule has 37 heavy (non-hydrogen) atoms. The van der Waals surface area contributed by atoms with Crippen molar-refractivity contribution in [3.8, 4) is 17.6 Å². The Balaban J connectivity index is 1.69. The summed E-state index contributed by atoms with van der Waals surface area (Å²) in [5.41, 5.74) is 2.15. The first-order valence-electron chi connectivity index (χ1n) is 12.7. The molecular weight excluding hydrogens is 476 g/mol. The summed E-state index contributed by atoms with van der Waals surface area (Å²) in [6.45, 7) is 3.00. The molecule has 4 rings (SSSR count). The first-order valence-corrected chi connectivity index (χ1v) is 12.7. The highest BCUT2D eigenvalue weighted by atomic mass is 16.6. The second kappa shape index (κ2) is 13.7. The van der Waals surface area contributed by atoms with Crippen molar-refractivity contribution in [1.82, 2.24) is 5.32 Å². The highest BCUT2D eigenvalue weighted by Crippen LogP contribution is 2.44. The number of nitriles is 1. The van der Waals surface area contributed by atoms with Crippen LogP contribution in [0.25, 0.3) is 0 Å². The molecule has 0 aromatic heterocycles. The Bertz CT molecular complexity index is 1060. The fourth-order valence-electron chi connectivity index (χ4n) is 4.45. The van der Waals surface area contributed by atoms with Gasteiger partial charge in [-0.05, 0) is 25.0 Å². The van der Waals surface area contributed by atoms with Gasteiger partial charge < -0.3 is 29.0 Å². The smallest absolute Gasteiger partial charge is 0.220 e. The molecule has 0 saturated carbocycles. The second-order valence-corrected chi connectivity index (χ2v) is 8.66. The number of hydrogen-bond acceptors (Lipinski definition) is 8. The van der Waals surface area contributed by atoms with E-state index in [-0.39, 0.29) is 31.3 Å². The van der Waals surface area contributed by atoms with Crippen LogP contribution in [0, 0.1) is 11.3 Å². The molecule has 0 saturated heterocycles.